The molecule has 0 amide bonds. The van der Waals surface area contributed by atoms with Crippen LogP contribution >= 0.6 is 0 Å². The van der Waals surface area contributed by atoms with Crippen molar-refractivity contribution in [3.05, 3.63) is 0 Å². The molecule has 0 saturated heterocycles. The van der Waals surface area contributed by atoms with Crippen LogP contribution in [0.2, 0.25) is 0 Å². The molecule has 0 aromatic carbocycles. The summed E-state index contributed by atoms with van der Waals surface area (Å²) in [4.78, 5) is 0. The van der Waals surface area contributed by atoms with Gasteiger partial charge in [-0.15, -0.1) is 0 Å². The summed E-state index contributed by atoms with van der Waals surface area (Å²) in [6, 6.07) is 0. The third-order valence-corrected chi connectivity index (χ3v) is 2.48. The van der Waals surface area contributed by atoms with E-state index in [9.17, 15) is 0 Å². The van der Waals surface area contributed by atoms with Crippen molar-refractivity contribution in [1.29, 1.82) is 0 Å². The molecule has 4 heteroatoms. The highest BCUT2D eigenvalue weighted by Crippen LogP contribution is 2.17. The number of unbranched alkanes of at least 4 members (excludes halogenated alkanes) is 1. The summed E-state index contributed by atoms with van der Waals surface area (Å²) in [6.07, 6.45) is 3.10. The highest BCUT2D eigenvalue weighted by atomic mass is 16.5. The molecule has 0 aromatic heterocycles. The van der Waals surface area contributed by atoms with Crippen molar-refractivity contribution < 1.29 is 19.3 Å². The van der Waals surface area contributed by atoms with Gasteiger partial charge in [-0.1, -0.05) is 0 Å². The molecule has 1 N–H and O–H groups in total. The van der Waals surface area contributed by atoms with E-state index in [-0.39, 0.29) is 12.2 Å². The molecular weight excluding hydrogens is 220 g/mol. The van der Waals surface area contributed by atoms with Crippen LogP contribution < -0.4 is 0 Å². The number of ether oxygens (including phenoxy) is 3. The molecule has 0 fully saturated rings. The third kappa shape index (κ3) is 12.1. The molecule has 4 nitrogen and oxygen atoms in total. The van der Waals surface area contributed by atoms with Crippen LogP contribution in [-0.2, 0) is 14.2 Å². The largest absolute Gasteiger partial charge is 0.394 e. The normalized spacial score (nSPS) is 12.0. The summed E-state index contributed by atoms with van der Waals surface area (Å²) in [5, 5.41) is 8.54. The van der Waals surface area contributed by atoms with Gasteiger partial charge in [0.05, 0.1) is 32.0 Å². The second-order valence-corrected chi connectivity index (χ2v) is 4.60. The summed E-state index contributed by atoms with van der Waals surface area (Å²) in [5.74, 6) is 0. The lowest BCUT2D eigenvalue weighted by Crippen LogP contribution is -2.26. The van der Waals surface area contributed by atoms with Crippen molar-refractivity contribution >= 4 is 0 Å². The highest BCUT2D eigenvalue weighted by Gasteiger charge is 2.17. The predicted molar refractivity (Wildman–Crippen MR) is 68.3 cm³/mol. The van der Waals surface area contributed by atoms with Gasteiger partial charge in [0.1, 0.15) is 0 Å². The number of aliphatic hydroxyl groups excluding tert-OH is 1. The Kier molecular flexibility index (Phi) is 10.9. The van der Waals surface area contributed by atoms with Crippen LogP contribution in [0.15, 0.2) is 0 Å². The number of rotatable bonds is 12. The molecule has 0 radical (unpaired) electrons. The first-order chi connectivity index (χ1) is 8.12. The molecule has 17 heavy (non-hydrogen) atoms. The van der Waals surface area contributed by atoms with Gasteiger partial charge in [0.2, 0.25) is 0 Å². The third-order valence-electron chi connectivity index (χ3n) is 2.48. The average Bonchev–Trinajstić information content (AvgIpc) is 2.29. The summed E-state index contributed by atoms with van der Waals surface area (Å²) < 4.78 is 16.2. The Morgan fingerprint density at radius 2 is 1.71 bits per heavy atom. The number of hydrogen-bond acceptors (Lipinski definition) is 4. The lowest BCUT2D eigenvalue weighted by Gasteiger charge is -2.25. The summed E-state index contributed by atoms with van der Waals surface area (Å²) >= 11 is 0. The van der Waals surface area contributed by atoms with Crippen LogP contribution in [0.3, 0.4) is 0 Å². The first-order valence-electron chi connectivity index (χ1n) is 6.52. The highest BCUT2D eigenvalue weighted by molar-refractivity contribution is 4.68. The first-order valence-corrected chi connectivity index (χ1v) is 6.52. The van der Waals surface area contributed by atoms with Crippen molar-refractivity contribution in [2.45, 2.75) is 45.6 Å². The molecule has 0 atom stereocenters. The number of hydrogen-bond donors (Lipinski definition) is 1. The fourth-order valence-electron chi connectivity index (χ4n) is 1.51. The molecule has 0 aliphatic carbocycles. The predicted octanol–water partition coefficient (Wildman–Crippen LogP) is 2.00. The zero-order valence-corrected chi connectivity index (χ0v) is 11.5. The maximum absolute atomic E-state index is 8.54. The Bertz CT molecular complexity index is 159. The average molecular weight is 248 g/mol. The summed E-state index contributed by atoms with van der Waals surface area (Å²) in [6.45, 7) is 9.52. The molecule has 0 aliphatic rings. The van der Waals surface area contributed by atoms with Crippen LogP contribution in [-0.4, -0.2) is 50.3 Å². The lowest BCUT2D eigenvalue weighted by atomic mass is 10.0. The van der Waals surface area contributed by atoms with Crippen molar-refractivity contribution in [1.82, 2.24) is 0 Å². The molecule has 0 aromatic rings. The van der Waals surface area contributed by atoms with E-state index < -0.39 is 0 Å². The van der Waals surface area contributed by atoms with Gasteiger partial charge in [-0.2, -0.15) is 0 Å². The molecule has 0 heterocycles. The lowest BCUT2D eigenvalue weighted by molar-refractivity contribution is -0.0507. The zero-order valence-electron chi connectivity index (χ0n) is 11.5. The van der Waals surface area contributed by atoms with E-state index >= 15 is 0 Å². The standard InChI is InChI=1S/C13H28O4/c1-4-15-11-12-17-13(2,3)7-5-6-9-16-10-8-14/h14H,4-12H2,1-3H3. The van der Waals surface area contributed by atoms with E-state index in [4.69, 9.17) is 19.3 Å². The van der Waals surface area contributed by atoms with Gasteiger partial charge < -0.3 is 19.3 Å². The van der Waals surface area contributed by atoms with Crippen LogP contribution in [0, 0.1) is 0 Å². The van der Waals surface area contributed by atoms with Crippen LogP contribution in [0.25, 0.3) is 0 Å². The van der Waals surface area contributed by atoms with E-state index in [0.29, 0.717) is 19.8 Å². The molecule has 0 rings (SSSR count). The quantitative estimate of drug-likeness (QED) is 0.537. The van der Waals surface area contributed by atoms with Crippen LogP contribution in [0.1, 0.15) is 40.0 Å². The molecular formula is C13H28O4. The smallest absolute Gasteiger partial charge is 0.0707 e. The van der Waals surface area contributed by atoms with Crippen molar-refractivity contribution in [2.24, 2.45) is 0 Å². The second kappa shape index (κ2) is 11.0. The molecule has 0 aliphatic heterocycles. The minimum Gasteiger partial charge on any atom is -0.394 e. The van der Waals surface area contributed by atoms with Crippen molar-refractivity contribution in [2.75, 3.05) is 39.6 Å². The van der Waals surface area contributed by atoms with Crippen molar-refractivity contribution in [3.63, 3.8) is 0 Å². The van der Waals surface area contributed by atoms with Crippen molar-refractivity contribution in [3.8, 4) is 0 Å². The van der Waals surface area contributed by atoms with Crippen LogP contribution in [0.4, 0.5) is 0 Å². The Morgan fingerprint density at radius 3 is 2.35 bits per heavy atom. The van der Waals surface area contributed by atoms with Gasteiger partial charge in [-0.05, 0) is 40.0 Å². The molecule has 0 bridgehead atoms. The maximum Gasteiger partial charge on any atom is 0.0707 e. The number of aliphatic hydroxyl groups is 1. The first kappa shape index (κ1) is 16.8. The molecule has 104 valence electrons. The monoisotopic (exact) mass is 248 g/mol. The van der Waals surface area contributed by atoms with E-state index in [1.54, 1.807) is 0 Å². The molecule has 0 saturated carbocycles. The molecule has 0 spiro atoms. The molecule has 0 unspecified atom stereocenters. The van der Waals surface area contributed by atoms with E-state index in [0.717, 1.165) is 32.5 Å². The Morgan fingerprint density at radius 1 is 0.941 bits per heavy atom. The summed E-state index contributed by atoms with van der Waals surface area (Å²) in [5.41, 5.74) is -0.0892. The minimum atomic E-state index is -0.0892. The minimum absolute atomic E-state index is 0.0892. The fourth-order valence-corrected chi connectivity index (χ4v) is 1.51. The van der Waals surface area contributed by atoms with Crippen LogP contribution in [0.5, 0.6) is 0 Å². The van der Waals surface area contributed by atoms with Gasteiger partial charge in [-0.3, -0.25) is 0 Å². The van der Waals surface area contributed by atoms with Gasteiger partial charge in [0.15, 0.2) is 0 Å². The van der Waals surface area contributed by atoms with Gasteiger partial charge in [0.25, 0.3) is 0 Å². The Balaban J connectivity index is 3.37. The Hall–Kier alpha value is -0.160. The fraction of sp³-hybridized carbons (Fsp3) is 1.00. The zero-order chi connectivity index (χ0) is 13.0. The maximum atomic E-state index is 8.54. The Labute approximate surface area is 105 Å². The van der Waals surface area contributed by atoms with Gasteiger partial charge >= 0.3 is 0 Å². The van der Waals surface area contributed by atoms with E-state index in [1.165, 1.54) is 0 Å². The van der Waals surface area contributed by atoms with E-state index in [1.807, 2.05) is 6.92 Å². The topological polar surface area (TPSA) is 47.9 Å². The second-order valence-electron chi connectivity index (χ2n) is 4.60. The van der Waals surface area contributed by atoms with Gasteiger partial charge in [-0.25, -0.2) is 0 Å². The SMILES string of the molecule is CCOCCOC(C)(C)CCCCOCCO. The summed E-state index contributed by atoms with van der Waals surface area (Å²) in [7, 11) is 0. The van der Waals surface area contributed by atoms with E-state index in [2.05, 4.69) is 13.8 Å². The van der Waals surface area contributed by atoms with Gasteiger partial charge in [0, 0.05) is 13.2 Å².